The van der Waals surface area contributed by atoms with Gasteiger partial charge < -0.3 is 14.8 Å². The maximum Gasteiger partial charge on any atom is 0.269 e. The summed E-state index contributed by atoms with van der Waals surface area (Å²) in [7, 11) is 0. The van der Waals surface area contributed by atoms with Gasteiger partial charge in [0.2, 0.25) is 0 Å². The van der Waals surface area contributed by atoms with Crippen LogP contribution in [0.1, 0.15) is 18.1 Å². The average molecular weight is 528 g/mol. The van der Waals surface area contributed by atoms with Crippen molar-refractivity contribution in [3.05, 3.63) is 97.6 Å². The molecule has 1 N–H and O–H groups in total. The fraction of sp³-hybridized carbons (Fsp3) is 0.120. The van der Waals surface area contributed by atoms with Gasteiger partial charge in [-0.2, -0.15) is 0 Å². The Balaban J connectivity index is 1.53. The monoisotopic (exact) mass is 527 g/mol. The molecule has 0 aliphatic carbocycles. The lowest BCUT2D eigenvalue weighted by Crippen LogP contribution is -2.19. The minimum atomic E-state index is -0.470. The zero-order chi connectivity index (χ0) is 25.7. The quantitative estimate of drug-likeness (QED) is 0.211. The van der Waals surface area contributed by atoms with Gasteiger partial charge in [-0.3, -0.25) is 14.9 Å². The lowest BCUT2D eigenvalue weighted by atomic mass is 10.1. The van der Waals surface area contributed by atoms with Crippen LogP contribution in [0.15, 0.2) is 70.6 Å². The summed E-state index contributed by atoms with van der Waals surface area (Å²) in [6, 6.07) is 15.0. The van der Waals surface area contributed by atoms with E-state index >= 15 is 0 Å². The van der Waals surface area contributed by atoms with Crippen LogP contribution in [0.25, 0.3) is 6.08 Å². The Morgan fingerprint density at radius 3 is 2.53 bits per heavy atom. The number of hydrogen-bond donors (Lipinski definition) is 1. The van der Waals surface area contributed by atoms with Gasteiger partial charge in [-0.05, 0) is 84.4 Å². The number of nitrogens with one attached hydrogen (secondary N) is 1. The van der Waals surface area contributed by atoms with Crippen molar-refractivity contribution in [1.82, 2.24) is 5.32 Å². The SMILES string of the molecule is CCOc1cc(/C=C2/SC(=Nc3ccc(F)cc3)NC2=O)cc(Cl)c1OCc1ccc([N+](=O)[O-])cc1. The highest BCUT2D eigenvalue weighted by molar-refractivity contribution is 8.18. The van der Waals surface area contributed by atoms with Gasteiger partial charge in [0.25, 0.3) is 11.6 Å². The molecular formula is C25H19ClFN3O5S. The van der Waals surface area contributed by atoms with E-state index < -0.39 is 4.92 Å². The molecule has 0 aromatic heterocycles. The molecule has 11 heteroatoms. The molecular weight excluding hydrogens is 509 g/mol. The molecule has 4 rings (SSSR count). The van der Waals surface area contributed by atoms with Crippen molar-refractivity contribution in [3.63, 3.8) is 0 Å². The van der Waals surface area contributed by atoms with Crippen molar-refractivity contribution < 1.29 is 23.6 Å². The standard InChI is InChI=1S/C25H19ClFN3O5S/c1-2-34-21-12-16(11-20(26)23(21)35-14-15-3-9-19(10-4-15)30(32)33)13-22-24(31)29-25(36-22)28-18-7-5-17(27)6-8-18/h3-13H,2,14H2,1H3,(H,28,29,31)/b22-13+. The number of benzene rings is 3. The van der Waals surface area contributed by atoms with Gasteiger partial charge in [0.05, 0.1) is 27.1 Å². The van der Waals surface area contributed by atoms with E-state index in [2.05, 4.69) is 10.3 Å². The smallest absolute Gasteiger partial charge is 0.269 e. The van der Waals surface area contributed by atoms with Gasteiger partial charge in [-0.1, -0.05) is 11.6 Å². The molecule has 1 amide bonds. The van der Waals surface area contributed by atoms with Crippen molar-refractivity contribution in [2.45, 2.75) is 13.5 Å². The summed E-state index contributed by atoms with van der Waals surface area (Å²) in [4.78, 5) is 27.5. The van der Waals surface area contributed by atoms with Crippen LogP contribution in [-0.2, 0) is 11.4 Å². The lowest BCUT2D eigenvalue weighted by Gasteiger charge is -2.14. The number of non-ortho nitro benzene ring substituents is 1. The van der Waals surface area contributed by atoms with Crippen molar-refractivity contribution in [3.8, 4) is 11.5 Å². The summed E-state index contributed by atoms with van der Waals surface area (Å²) in [5, 5.41) is 14.2. The number of carbonyl (C=O) groups excluding carboxylic acids is 1. The van der Waals surface area contributed by atoms with Crippen molar-refractivity contribution >= 4 is 51.9 Å². The Hall–Kier alpha value is -3.89. The van der Waals surface area contributed by atoms with E-state index in [0.717, 1.165) is 17.3 Å². The Bertz CT molecular complexity index is 1360. The van der Waals surface area contributed by atoms with E-state index in [1.807, 2.05) is 6.92 Å². The van der Waals surface area contributed by atoms with E-state index in [1.54, 1.807) is 30.3 Å². The molecule has 1 fully saturated rings. The predicted molar refractivity (Wildman–Crippen MR) is 137 cm³/mol. The summed E-state index contributed by atoms with van der Waals surface area (Å²) in [6.45, 7) is 2.30. The summed E-state index contributed by atoms with van der Waals surface area (Å²) in [6.07, 6.45) is 1.65. The number of nitro benzene ring substituents is 1. The Kier molecular flexibility index (Phi) is 7.87. The summed E-state index contributed by atoms with van der Waals surface area (Å²) >= 11 is 7.63. The first-order chi connectivity index (χ1) is 17.3. The molecule has 3 aromatic rings. The second-order valence-corrected chi connectivity index (χ2v) is 8.87. The molecule has 0 saturated carbocycles. The van der Waals surface area contributed by atoms with Crippen molar-refractivity contribution in [2.24, 2.45) is 4.99 Å². The highest BCUT2D eigenvalue weighted by Crippen LogP contribution is 2.39. The zero-order valence-corrected chi connectivity index (χ0v) is 20.4. The molecule has 0 bridgehead atoms. The molecule has 1 heterocycles. The van der Waals surface area contributed by atoms with Gasteiger partial charge in [-0.25, -0.2) is 9.38 Å². The van der Waals surface area contributed by atoms with Crippen molar-refractivity contribution in [2.75, 3.05) is 6.61 Å². The first-order valence-electron chi connectivity index (χ1n) is 10.7. The topological polar surface area (TPSA) is 103 Å². The zero-order valence-electron chi connectivity index (χ0n) is 18.9. The van der Waals surface area contributed by atoms with Crippen LogP contribution in [0.3, 0.4) is 0 Å². The number of nitro groups is 1. The molecule has 184 valence electrons. The van der Waals surface area contributed by atoms with Crippen LogP contribution in [0.5, 0.6) is 11.5 Å². The van der Waals surface area contributed by atoms with Crippen molar-refractivity contribution in [1.29, 1.82) is 0 Å². The second kappa shape index (κ2) is 11.2. The molecule has 0 atom stereocenters. The molecule has 0 unspecified atom stereocenters. The molecule has 1 aliphatic rings. The highest BCUT2D eigenvalue weighted by atomic mass is 35.5. The van der Waals surface area contributed by atoms with Crippen LogP contribution in [0.2, 0.25) is 5.02 Å². The third-order valence-electron chi connectivity index (χ3n) is 4.87. The fourth-order valence-corrected chi connectivity index (χ4v) is 4.32. The number of halogens is 2. The van der Waals surface area contributed by atoms with Gasteiger partial charge in [0.15, 0.2) is 16.7 Å². The summed E-state index contributed by atoms with van der Waals surface area (Å²) in [5.74, 6) is 0.0155. The average Bonchev–Trinajstić information content (AvgIpc) is 3.18. The normalized spacial score (nSPS) is 15.2. The largest absolute Gasteiger partial charge is 0.490 e. The highest BCUT2D eigenvalue weighted by Gasteiger charge is 2.24. The minimum Gasteiger partial charge on any atom is -0.490 e. The minimum absolute atomic E-state index is 0.0103. The molecule has 3 aromatic carbocycles. The maximum absolute atomic E-state index is 13.1. The van der Waals surface area contributed by atoms with Crippen LogP contribution in [-0.4, -0.2) is 22.6 Å². The summed E-state index contributed by atoms with van der Waals surface area (Å²) in [5.41, 5.74) is 1.84. The fourth-order valence-electron chi connectivity index (χ4n) is 3.21. The van der Waals surface area contributed by atoms with Gasteiger partial charge in [-0.15, -0.1) is 0 Å². The summed E-state index contributed by atoms with van der Waals surface area (Å²) < 4.78 is 24.7. The number of ether oxygens (including phenoxy) is 2. The maximum atomic E-state index is 13.1. The first kappa shape index (κ1) is 25.2. The van der Waals surface area contributed by atoms with Gasteiger partial charge in [0, 0.05) is 12.1 Å². The molecule has 0 radical (unpaired) electrons. The third-order valence-corrected chi connectivity index (χ3v) is 6.06. The van der Waals surface area contributed by atoms with Gasteiger partial charge in [0.1, 0.15) is 12.4 Å². The van der Waals surface area contributed by atoms with E-state index in [1.165, 1.54) is 36.4 Å². The van der Waals surface area contributed by atoms with Crippen LogP contribution < -0.4 is 14.8 Å². The van der Waals surface area contributed by atoms with E-state index in [-0.39, 0.29) is 29.0 Å². The van der Waals surface area contributed by atoms with Crippen LogP contribution in [0.4, 0.5) is 15.8 Å². The van der Waals surface area contributed by atoms with Crippen LogP contribution in [0, 0.1) is 15.9 Å². The number of amides is 1. The number of carbonyl (C=O) groups is 1. The Morgan fingerprint density at radius 1 is 1.14 bits per heavy atom. The predicted octanol–water partition coefficient (Wildman–Crippen LogP) is 6.26. The lowest BCUT2D eigenvalue weighted by molar-refractivity contribution is -0.384. The number of nitrogens with zero attached hydrogens (tertiary/aromatic N) is 2. The Labute approximate surface area is 214 Å². The number of aliphatic imine (C=N–C) groups is 1. The molecule has 36 heavy (non-hydrogen) atoms. The number of rotatable bonds is 8. The molecule has 0 spiro atoms. The van der Waals surface area contributed by atoms with E-state index in [0.29, 0.717) is 39.4 Å². The molecule has 1 aliphatic heterocycles. The van der Waals surface area contributed by atoms with Gasteiger partial charge >= 0.3 is 0 Å². The second-order valence-electron chi connectivity index (χ2n) is 7.43. The van der Waals surface area contributed by atoms with Crippen LogP contribution >= 0.6 is 23.4 Å². The number of hydrogen-bond acceptors (Lipinski definition) is 7. The van der Waals surface area contributed by atoms with E-state index in [4.69, 9.17) is 21.1 Å². The molecule has 8 nitrogen and oxygen atoms in total. The number of amidine groups is 1. The third kappa shape index (κ3) is 6.21. The first-order valence-corrected chi connectivity index (χ1v) is 11.9. The number of thioether (sulfide) groups is 1. The molecule has 1 saturated heterocycles. The van der Waals surface area contributed by atoms with E-state index in [9.17, 15) is 19.3 Å². The Morgan fingerprint density at radius 2 is 1.86 bits per heavy atom.